The van der Waals surface area contributed by atoms with Crippen LogP contribution >= 0.6 is 11.5 Å². The average Bonchev–Trinajstić information content (AvgIpc) is 3.66. The summed E-state index contributed by atoms with van der Waals surface area (Å²) in [5.41, 5.74) is 2.06. The number of hydrogen-bond acceptors (Lipinski definition) is 7. The normalized spacial score (nSPS) is 24.8. The summed E-state index contributed by atoms with van der Waals surface area (Å²) in [5, 5.41) is 33.2. The summed E-state index contributed by atoms with van der Waals surface area (Å²) < 4.78 is 7.53. The van der Waals surface area contributed by atoms with E-state index in [1.54, 1.807) is 4.57 Å². The molecule has 2 bridgehead atoms. The third kappa shape index (κ3) is 4.09. The summed E-state index contributed by atoms with van der Waals surface area (Å²) in [6, 6.07) is 8.15. The Morgan fingerprint density at radius 3 is 2.42 bits per heavy atom. The Bertz CT molecular complexity index is 1230. The van der Waals surface area contributed by atoms with Crippen LogP contribution in [0.25, 0.3) is 10.1 Å². The van der Waals surface area contributed by atoms with Crippen LogP contribution < -0.4 is 4.90 Å². The van der Waals surface area contributed by atoms with Gasteiger partial charge in [-0.25, -0.2) is 0 Å². The topological polar surface area (TPSA) is 85.0 Å². The molecule has 36 heavy (non-hydrogen) atoms. The number of aromatic hydroxyl groups is 2. The highest BCUT2D eigenvalue weighted by Gasteiger charge is 2.44. The Labute approximate surface area is 216 Å². The Kier molecular flexibility index (Phi) is 6.44. The number of aliphatic hydroxyl groups is 1. The van der Waals surface area contributed by atoms with Crippen LogP contribution in [0.2, 0.25) is 0 Å². The monoisotopic (exact) mass is 508 g/mol. The molecular formula is C28H36N4O3S. The zero-order valence-electron chi connectivity index (χ0n) is 20.9. The summed E-state index contributed by atoms with van der Waals surface area (Å²) in [5.74, 6) is 3.12. The van der Waals surface area contributed by atoms with Gasteiger partial charge in [-0.2, -0.15) is 4.37 Å². The number of benzene rings is 1. The number of anilines is 1. The van der Waals surface area contributed by atoms with Crippen LogP contribution in [0, 0.1) is 11.8 Å². The molecule has 0 aliphatic heterocycles. The number of likely N-dealkylation sites (N-methyl/N-ethyl adjacent to an activating group) is 1. The first-order chi connectivity index (χ1) is 17.5. The van der Waals surface area contributed by atoms with Crippen molar-refractivity contribution >= 4 is 27.4 Å². The fourth-order valence-corrected chi connectivity index (χ4v) is 7.65. The largest absolute Gasteiger partial charge is 0.494 e. The zero-order valence-corrected chi connectivity index (χ0v) is 21.7. The molecule has 192 valence electrons. The Morgan fingerprint density at radius 2 is 1.69 bits per heavy atom. The molecule has 0 spiro atoms. The molecule has 4 unspecified atom stereocenters. The van der Waals surface area contributed by atoms with Crippen LogP contribution in [0.1, 0.15) is 55.1 Å². The van der Waals surface area contributed by atoms with Crippen LogP contribution in [0.5, 0.6) is 11.8 Å². The Hall–Kier alpha value is -2.55. The number of hydrogen-bond donors (Lipinski definition) is 3. The van der Waals surface area contributed by atoms with Crippen molar-refractivity contribution in [2.24, 2.45) is 11.8 Å². The van der Waals surface area contributed by atoms with Crippen LogP contribution in [0.3, 0.4) is 0 Å². The maximum Gasteiger partial charge on any atom is 0.197 e. The number of allylic oxidation sites excluding steroid dienone is 2. The van der Waals surface area contributed by atoms with Gasteiger partial charge in [0.2, 0.25) is 0 Å². The van der Waals surface area contributed by atoms with Gasteiger partial charge in [-0.05, 0) is 86.5 Å². The van der Waals surface area contributed by atoms with Crippen molar-refractivity contribution in [1.82, 2.24) is 13.8 Å². The summed E-state index contributed by atoms with van der Waals surface area (Å²) in [6.45, 7) is 3.04. The quantitative estimate of drug-likeness (QED) is 0.283. The maximum atomic E-state index is 11.0. The van der Waals surface area contributed by atoms with Gasteiger partial charge in [0.1, 0.15) is 6.73 Å². The Morgan fingerprint density at radius 1 is 1.00 bits per heavy atom. The van der Waals surface area contributed by atoms with Crippen molar-refractivity contribution < 1.29 is 15.3 Å². The fourth-order valence-electron chi connectivity index (χ4n) is 6.85. The number of nitrogens with zero attached hydrogens (tertiary/aromatic N) is 4. The van der Waals surface area contributed by atoms with E-state index in [-0.39, 0.29) is 6.73 Å². The van der Waals surface area contributed by atoms with E-state index in [1.807, 2.05) is 17.0 Å². The molecule has 2 aromatic heterocycles. The molecule has 3 aliphatic carbocycles. The van der Waals surface area contributed by atoms with Gasteiger partial charge in [0.25, 0.3) is 0 Å². The molecule has 0 amide bonds. The first kappa shape index (κ1) is 23.8. The van der Waals surface area contributed by atoms with Gasteiger partial charge in [0.15, 0.2) is 17.6 Å². The van der Waals surface area contributed by atoms with E-state index in [2.05, 4.69) is 40.6 Å². The van der Waals surface area contributed by atoms with Gasteiger partial charge in [0.05, 0.1) is 4.70 Å². The first-order valence-corrected chi connectivity index (χ1v) is 14.0. The summed E-state index contributed by atoms with van der Waals surface area (Å²) in [6.07, 6.45) is 9.84. The SMILES string of the molecule is CN(CCN(CO)c1nsc2ccccc12)CC1CC=CCC1Cn1c(O)c2c(c1O)C1CCC2C1. The average molecular weight is 509 g/mol. The predicted molar refractivity (Wildman–Crippen MR) is 144 cm³/mol. The van der Waals surface area contributed by atoms with Crippen molar-refractivity contribution in [1.29, 1.82) is 0 Å². The molecule has 3 aromatic rings. The Balaban J connectivity index is 1.11. The van der Waals surface area contributed by atoms with Gasteiger partial charge >= 0.3 is 0 Å². The molecule has 8 heteroatoms. The first-order valence-electron chi connectivity index (χ1n) is 13.2. The standard InChI is InChI=1S/C28H36N4O3S/c1-30(12-13-31(17-33)26-22-8-4-5-9-23(22)36-29-26)15-20-6-2-3-7-21(20)16-32-27(34)24-18-10-11-19(14-18)25(24)28(32)35/h2-5,8-9,18-21,33-35H,6-7,10-17H2,1H3. The molecular weight excluding hydrogens is 472 g/mol. The molecule has 0 saturated heterocycles. The lowest BCUT2D eigenvalue weighted by Crippen LogP contribution is -2.38. The van der Waals surface area contributed by atoms with Crippen LogP contribution in [0.15, 0.2) is 36.4 Å². The summed E-state index contributed by atoms with van der Waals surface area (Å²) >= 11 is 1.47. The second-order valence-corrected chi connectivity index (χ2v) is 11.7. The third-order valence-corrected chi connectivity index (χ3v) is 9.60. The molecule has 3 aliphatic rings. The lowest BCUT2D eigenvalue weighted by atomic mass is 9.82. The summed E-state index contributed by atoms with van der Waals surface area (Å²) in [4.78, 5) is 4.28. The molecule has 4 atom stereocenters. The highest BCUT2D eigenvalue weighted by atomic mass is 32.1. The zero-order chi connectivity index (χ0) is 24.8. The highest BCUT2D eigenvalue weighted by Crippen LogP contribution is 2.60. The van der Waals surface area contributed by atoms with Crippen molar-refractivity contribution in [2.45, 2.75) is 50.5 Å². The van der Waals surface area contributed by atoms with Gasteiger partial charge in [-0.3, -0.25) is 4.57 Å². The van der Waals surface area contributed by atoms with Crippen LogP contribution in [0.4, 0.5) is 5.82 Å². The van der Waals surface area contributed by atoms with Crippen molar-refractivity contribution in [3.8, 4) is 11.8 Å². The molecule has 0 radical (unpaired) electrons. The second kappa shape index (κ2) is 9.72. The van der Waals surface area contributed by atoms with E-state index in [9.17, 15) is 15.3 Å². The van der Waals surface area contributed by atoms with Gasteiger partial charge in [-0.1, -0.05) is 24.3 Å². The maximum absolute atomic E-state index is 11.0. The molecule has 1 saturated carbocycles. The van der Waals surface area contributed by atoms with E-state index < -0.39 is 0 Å². The fraction of sp³-hybridized carbons (Fsp3) is 0.536. The minimum Gasteiger partial charge on any atom is -0.494 e. The van der Waals surface area contributed by atoms with E-state index in [0.717, 1.165) is 72.2 Å². The molecule has 1 aromatic carbocycles. The van der Waals surface area contributed by atoms with Crippen LogP contribution in [-0.2, 0) is 6.54 Å². The predicted octanol–water partition coefficient (Wildman–Crippen LogP) is 4.84. The van der Waals surface area contributed by atoms with Crippen molar-refractivity contribution in [3.05, 3.63) is 47.5 Å². The highest BCUT2D eigenvalue weighted by molar-refractivity contribution is 7.13. The number of aromatic nitrogens is 2. The number of fused-ring (bicyclic) bond motifs is 6. The minimum absolute atomic E-state index is 0.0603. The van der Waals surface area contributed by atoms with Crippen LogP contribution in [-0.4, -0.2) is 62.6 Å². The van der Waals surface area contributed by atoms with E-state index in [4.69, 9.17) is 0 Å². The lowest BCUT2D eigenvalue weighted by Gasteiger charge is -2.33. The number of rotatable bonds is 9. The lowest BCUT2D eigenvalue weighted by molar-refractivity contribution is 0.190. The van der Waals surface area contributed by atoms with E-state index >= 15 is 0 Å². The van der Waals surface area contributed by atoms with E-state index in [1.165, 1.54) is 11.5 Å². The second-order valence-electron chi connectivity index (χ2n) is 10.9. The smallest absolute Gasteiger partial charge is 0.197 e. The molecule has 6 rings (SSSR count). The van der Waals surface area contributed by atoms with E-state index in [0.29, 0.717) is 48.5 Å². The molecule has 7 nitrogen and oxygen atoms in total. The third-order valence-electron chi connectivity index (χ3n) is 8.79. The van der Waals surface area contributed by atoms with Gasteiger partial charge < -0.3 is 25.1 Å². The minimum atomic E-state index is -0.0603. The molecule has 1 fully saturated rings. The molecule has 2 heterocycles. The molecule has 3 N–H and O–H groups in total. The summed E-state index contributed by atoms with van der Waals surface area (Å²) in [7, 11) is 2.14. The van der Waals surface area contributed by atoms with Gasteiger partial charge in [-0.15, -0.1) is 0 Å². The number of aliphatic hydroxyl groups excluding tert-OH is 1. The van der Waals surface area contributed by atoms with Gasteiger partial charge in [0, 0.05) is 42.7 Å². The van der Waals surface area contributed by atoms with Crippen molar-refractivity contribution in [3.63, 3.8) is 0 Å². The van der Waals surface area contributed by atoms with Crippen molar-refractivity contribution in [2.75, 3.05) is 38.3 Å².